The highest BCUT2D eigenvalue weighted by Crippen LogP contribution is 2.34. The molecule has 0 saturated heterocycles. The molecule has 4 nitrogen and oxygen atoms in total. The molecule has 0 radical (unpaired) electrons. The van der Waals surface area contributed by atoms with Crippen LogP contribution >= 0.6 is 20.0 Å². The van der Waals surface area contributed by atoms with E-state index in [-0.39, 0.29) is 24.6 Å². The van der Waals surface area contributed by atoms with Crippen LogP contribution in [0.15, 0.2) is 0 Å². The van der Waals surface area contributed by atoms with Crippen LogP contribution < -0.4 is 5.73 Å². The standard InChI is InChI=1S/C4H12NO3P.ClH/c1-2-4(5)3-9(6,7)8;/h4H,2-3,5H2,1H3,(H2,6,7,8);1H. The van der Waals surface area contributed by atoms with Gasteiger partial charge in [-0.3, -0.25) is 4.57 Å². The molecule has 0 aliphatic carbocycles. The van der Waals surface area contributed by atoms with Crippen molar-refractivity contribution in [1.29, 1.82) is 0 Å². The molecule has 0 bridgehead atoms. The highest BCUT2D eigenvalue weighted by Gasteiger charge is 2.16. The van der Waals surface area contributed by atoms with E-state index in [0.29, 0.717) is 6.42 Å². The van der Waals surface area contributed by atoms with E-state index in [9.17, 15) is 4.57 Å². The summed E-state index contributed by atoms with van der Waals surface area (Å²) in [7, 11) is -3.86. The highest BCUT2D eigenvalue weighted by atomic mass is 35.5. The second kappa shape index (κ2) is 5.10. The minimum absolute atomic E-state index is 0. The number of hydrogen-bond acceptors (Lipinski definition) is 2. The lowest BCUT2D eigenvalue weighted by atomic mass is 10.3. The zero-order valence-corrected chi connectivity index (χ0v) is 7.44. The zero-order valence-electron chi connectivity index (χ0n) is 5.73. The lowest BCUT2D eigenvalue weighted by Gasteiger charge is -2.08. The maximum atomic E-state index is 10.2. The first-order valence-electron chi connectivity index (χ1n) is 2.76. The first-order chi connectivity index (χ1) is 3.95. The minimum atomic E-state index is -3.86. The van der Waals surface area contributed by atoms with E-state index in [0.717, 1.165) is 0 Å². The van der Waals surface area contributed by atoms with Crippen molar-refractivity contribution >= 4 is 20.0 Å². The van der Waals surface area contributed by atoms with Gasteiger partial charge >= 0.3 is 7.60 Å². The summed E-state index contributed by atoms with van der Waals surface area (Å²) in [5.74, 6) is 0. The molecule has 0 aromatic rings. The normalized spacial score (nSPS) is 14.0. The average Bonchev–Trinajstić information content (AvgIpc) is 1.62. The number of hydrogen-bond donors (Lipinski definition) is 3. The van der Waals surface area contributed by atoms with E-state index < -0.39 is 7.60 Å². The third-order valence-electron chi connectivity index (χ3n) is 0.997. The van der Waals surface area contributed by atoms with Gasteiger partial charge in [-0.15, -0.1) is 12.4 Å². The number of rotatable bonds is 3. The van der Waals surface area contributed by atoms with Crippen LogP contribution in [0.2, 0.25) is 0 Å². The minimum Gasteiger partial charge on any atom is -0.327 e. The van der Waals surface area contributed by atoms with Crippen LogP contribution in [0.5, 0.6) is 0 Å². The molecule has 6 heteroatoms. The largest absolute Gasteiger partial charge is 0.327 e. The fraction of sp³-hybridized carbons (Fsp3) is 1.00. The Hall–Kier alpha value is 0.400. The van der Waals surface area contributed by atoms with Crippen molar-refractivity contribution in [2.45, 2.75) is 19.4 Å². The molecule has 1 unspecified atom stereocenters. The van der Waals surface area contributed by atoms with E-state index in [4.69, 9.17) is 15.5 Å². The Labute approximate surface area is 66.4 Å². The molecule has 0 saturated carbocycles. The molecule has 0 spiro atoms. The van der Waals surface area contributed by atoms with E-state index in [1.165, 1.54) is 0 Å². The molecular formula is C4H13ClNO3P. The van der Waals surface area contributed by atoms with Crippen molar-refractivity contribution in [3.05, 3.63) is 0 Å². The molecule has 0 amide bonds. The van der Waals surface area contributed by atoms with Gasteiger partial charge in [0.2, 0.25) is 0 Å². The Bertz CT molecular complexity index is 126. The predicted molar refractivity (Wildman–Crippen MR) is 42.4 cm³/mol. The smallest absolute Gasteiger partial charge is 0.327 e. The fourth-order valence-electron chi connectivity index (χ4n) is 0.435. The molecule has 0 aromatic carbocycles. The first-order valence-corrected chi connectivity index (χ1v) is 4.55. The summed E-state index contributed by atoms with van der Waals surface area (Å²) in [6.07, 6.45) is 0.397. The SMILES string of the molecule is CCC(N)CP(=O)(O)O.Cl. The monoisotopic (exact) mass is 189 g/mol. The molecule has 10 heavy (non-hydrogen) atoms. The molecule has 64 valence electrons. The van der Waals surface area contributed by atoms with E-state index >= 15 is 0 Å². The van der Waals surface area contributed by atoms with Crippen LogP contribution in [0.3, 0.4) is 0 Å². The Balaban J connectivity index is 0. The second-order valence-electron chi connectivity index (χ2n) is 2.02. The van der Waals surface area contributed by atoms with Gasteiger partial charge in [-0.25, -0.2) is 0 Å². The van der Waals surface area contributed by atoms with Gasteiger partial charge in [-0.1, -0.05) is 6.92 Å². The van der Waals surface area contributed by atoms with Crippen molar-refractivity contribution in [2.24, 2.45) is 5.73 Å². The summed E-state index contributed by atoms with van der Waals surface area (Å²) in [5.41, 5.74) is 5.27. The third kappa shape index (κ3) is 8.40. The summed E-state index contributed by atoms with van der Waals surface area (Å²) in [4.78, 5) is 16.7. The molecule has 0 rings (SSSR count). The average molecular weight is 190 g/mol. The van der Waals surface area contributed by atoms with Crippen LogP contribution in [-0.4, -0.2) is 22.0 Å². The quantitative estimate of drug-likeness (QED) is 0.559. The summed E-state index contributed by atoms with van der Waals surface area (Å²) in [6.45, 7) is 1.79. The van der Waals surface area contributed by atoms with Crippen molar-refractivity contribution in [3.63, 3.8) is 0 Å². The summed E-state index contributed by atoms with van der Waals surface area (Å²) >= 11 is 0. The summed E-state index contributed by atoms with van der Waals surface area (Å²) in [6, 6.07) is -0.370. The van der Waals surface area contributed by atoms with Crippen LogP contribution in [0.1, 0.15) is 13.3 Å². The van der Waals surface area contributed by atoms with Gasteiger partial charge in [0.15, 0.2) is 0 Å². The van der Waals surface area contributed by atoms with Gasteiger partial charge in [-0.05, 0) is 6.42 Å². The molecule has 0 heterocycles. The lowest BCUT2D eigenvalue weighted by molar-refractivity contribution is 0.368. The van der Waals surface area contributed by atoms with Crippen molar-refractivity contribution < 1.29 is 14.4 Å². The third-order valence-corrected chi connectivity index (χ3v) is 1.94. The molecular weight excluding hydrogens is 176 g/mol. The van der Waals surface area contributed by atoms with Crippen molar-refractivity contribution in [1.82, 2.24) is 0 Å². The molecule has 0 aromatic heterocycles. The Morgan fingerprint density at radius 1 is 1.60 bits per heavy atom. The highest BCUT2D eigenvalue weighted by molar-refractivity contribution is 7.51. The zero-order chi connectivity index (χ0) is 7.49. The Morgan fingerprint density at radius 3 is 2.10 bits per heavy atom. The van der Waals surface area contributed by atoms with Gasteiger partial charge in [-0.2, -0.15) is 0 Å². The number of halogens is 1. The van der Waals surface area contributed by atoms with E-state index in [1.54, 1.807) is 6.92 Å². The van der Waals surface area contributed by atoms with Crippen LogP contribution in [0.4, 0.5) is 0 Å². The van der Waals surface area contributed by atoms with Gasteiger partial charge in [0, 0.05) is 6.04 Å². The van der Waals surface area contributed by atoms with Crippen molar-refractivity contribution in [2.75, 3.05) is 6.16 Å². The van der Waals surface area contributed by atoms with E-state index in [2.05, 4.69) is 0 Å². The molecule has 4 N–H and O–H groups in total. The molecule has 0 aliphatic rings. The van der Waals surface area contributed by atoms with Gasteiger partial charge in [0.05, 0.1) is 6.16 Å². The van der Waals surface area contributed by atoms with Crippen LogP contribution in [0.25, 0.3) is 0 Å². The molecule has 0 aliphatic heterocycles. The molecule has 0 fully saturated rings. The molecule has 1 atom stereocenters. The number of nitrogens with two attached hydrogens (primary N) is 1. The van der Waals surface area contributed by atoms with Gasteiger partial charge < -0.3 is 15.5 Å². The second-order valence-corrected chi connectivity index (χ2v) is 3.71. The topological polar surface area (TPSA) is 83.6 Å². The Morgan fingerprint density at radius 2 is 2.00 bits per heavy atom. The van der Waals surface area contributed by atoms with Crippen LogP contribution in [-0.2, 0) is 4.57 Å². The Kier molecular flexibility index (Phi) is 6.65. The summed E-state index contributed by atoms with van der Waals surface area (Å²) in [5, 5.41) is 0. The first kappa shape index (κ1) is 13.0. The maximum Gasteiger partial charge on any atom is 0.327 e. The maximum absolute atomic E-state index is 10.2. The fourth-order valence-corrected chi connectivity index (χ4v) is 1.30. The van der Waals surface area contributed by atoms with Gasteiger partial charge in [0.1, 0.15) is 0 Å². The van der Waals surface area contributed by atoms with Gasteiger partial charge in [0.25, 0.3) is 0 Å². The van der Waals surface area contributed by atoms with Crippen molar-refractivity contribution in [3.8, 4) is 0 Å². The summed E-state index contributed by atoms with van der Waals surface area (Å²) < 4.78 is 10.2. The van der Waals surface area contributed by atoms with E-state index in [1.807, 2.05) is 0 Å². The lowest BCUT2D eigenvalue weighted by Crippen LogP contribution is -2.22. The predicted octanol–water partition coefficient (Wildman–Crippen LogP) is 0.323. The van der Waals surface area contributed by atoms with Crippen LogP contribution in [0, 0.1) is 0 Å².